The predicted molar refractivity (Wildman–Crippen MR) is 134 cm³/mol. The minimum Gasteiger partial charge on any atom is -0.493 e. The zero-order valence-corrected chi connectivity index (χ0v) is 21.3. The number of amides is 1. The summed E-state index contributed by atoms with van der Waals surface area (Å²) in [5.41, 5.74) is 1.21. The number of hydrazone groups is 1. The number of carbonyl (C=O) groups is 1. The van der Waals surface area contributed by atoms with Crippen molar-refractivity contribution in [2.24, 2.45) is 10.1 Å². The first-order chi connectivity index (χ1) is 17.1. The van der Waals surface area contributed by atoms with E-state index >= 15 is 0 Å². The molecule has 0 radical (unpaired) electrons. The number of methoxy groups -OCH3 is 1. The molecule has 0 aromatic heterocycles. The molecular weight excluding hydrogens is 565 g/mol. The van der Waals surface area contributed by atoms with Gasteiger partial charge < -0.3 is 14.2 Å². The number of thioether (sulfide) groups is 1. The quantitative estimate of drug-likeness (QED) is 0.346. The van der Waals surface area contributed by atoms with Gasteiger partial charge in [-0.15, -0.1) is 0 Å². The highest BCUT2D eigenvalue weighted by molar-refractivity contribution is 9.10. The average Bonchev–Trinajstić information content (AvgIpc) is 3.26. The predicted octanol–water partition coefficient (Wildman–Crippen LogP) is 5.41. The van der Waals surface area contributed by atoms with E-state index in [9.17, 15) is 18.0 Å². The number of hydrogen-bond acceptors (Lipinski definition) is 7. The van der Waals surface area contributed by atoms with Crippen LogP contribution in [-0.2, 0) is 4.79 Å². The highest BCUT2D eigenvalue weighted by Crippen LogP contribution is 2.39. The molecular formula is C23H18BrF3N4O4S. The van der Waals surface area contributed by atoms with Gasteiger partial charge in [-0.1, -0.05) is 18.2 Å². The van der Waals surface area contributed by atoms with E-state index in [1.807, 2.05) is 31.2 Å². The lowest BCUT2D eigenvalue weighted by Crippen LogP contribution is -2.35. The van der Waals surface area contributed by atoms with Crippen LogP contribution in [0.1, 0.15) is 11.1 Å². The molecule has 2 aromatic carbocycles. The molecule has 36 heavy (non-hydrogen) atoms. The average molecular weight is 583 g/mol. The van der Waals surface area contributed by atoms with Crippen LogP contribution < -0.4 is 14.2 Å². The van der Waals surface area contributed by atoms with E-state index < -0.39 is 23.0 Å². The summed E-state index contributed by atoms with van der Waals surface area (Å²) in [6.45, 7) is 2.44. The van der Waals surface area contributed by atoms with Gasteiger partial charge in [0.15, 0.2) is 17.3 Å². The fourth-order valence-electron chi connectivity index (χ4n) is 3.25. The molecule has 2 aromatic rings. The van der Waals surface area contributed by atoms with Crippen LogP contribution >= 0.6 is 27.7 Å². The smallest absolute Gasteiger partial charge is 0.441 e. The molecule has 188 valence electrons. The van der Waals surface area contributed by atoms with Crippen LogP contribution in [0.25, 0.3) is 6.08 Å². The monoisotopic (exact) mass is 582 g/mol. The Morgan fingerprint density at radius 3 is 2.58 bits per heavy atom. The number of para-hydroxylation sites is 1. The zero-order valence-electron chi connectivity index (χ0n) is 18.9. The second kappa shape index (κ2) is 10.3. The van der Waals surface area contributed by atoms with Crippen molar-refractivity contribution in [2.45, 2.75) is 13.1 Å². The minimum atomic E-state index is -4.71. The van der Waals surface area contributed by atoms with Crippen molar-refractivity contribution >= 4 is 55.7 Å². The summed E-state index contributed by atoms with van der Waals surface area (Å²) in [6.07, 6.45) is -3.38. The third-order valence-corrected chi connectivity index (χ3v) is 6.48. The first-order valence-corrected chi connectivity index (χ1v) is 12.0. The van der Waals surface area contributed by atoms with Crippen LogP contribution in [0.3, 0.4) is 0 Å². The van der Waals surface area contributed by atoms with Crippen LogP contribution in [0, 0.1) is 12.3 Å². The third-order valence-electron chi connectivity index (χ3n) is 4.94. The van der Waals surface area contributed by atoms with Gasteiger partial charge in [0.1, 0.15) is 19.0 Å². The molecule has 2 aliphatic heterocycles. The van der Waals surface area contributed by atoms with Gasteiger partial charge >= 0.3 is 6.18 Å². The molecule has 2 aliphatic rings. The van der Waals surface area contributed by atoms with E-state index in [1.54, 1.807) is 12.1 Å². The lowest BCUT2D eigenvalue weighted by atomic mass is 10.1. The van der Waals surface area contributed by atoms with Gasteiger partial charge in [-0.05, 0) is 70.0 Å². The molecule has 13 heteroatoms. The van der Waals surface area contributed by atoms with Gasteiger partial charge in [-0.3, -0.25) is 10.2 Å². The first-order valence-electron chi connectivity index (χ1n) is 10.3. The number of aliphatic imine (C=N–C) groups is 1. The molecule has 4 rings (SSSR count). The largest absolute Gasteiger partial charge is 0.493 e. The molecule has 1 N–H and O–H groups in total. The number of nitrogens with zero attached hydrogens (tertiary/aromatic N) is 3. The molecule has 0 saturated heterocycles. The van der Waals surface area contributed by atoms with Crippen LogP contribution in [0.4, 0.5) is 13.2 Å². The van der Waals surface area contributed by atoms with Crippen molar-refractivity contribution in [1.82, 2.24) is 5.01 Å². The molecule has 0 atom stereocenters. The highest BCUT2D eigenvalue weighted by Gasteiger charge is 2.46. The summed E-state index contributed by atoms with van der Waals surface area (Å²) in [4.78, 5) is 16.1. The lowest BCUT2D eigenvalue weighted by Gasteiger charge is -2.20. The maximum Gasteiger partial charge on any atom is 0.441 e. The van der Waals surface area contributed by atoms with Gasteiger partial charge in [-0.25, -0.2) is 0 Å². The maximum absolute atomic E-state index is 13.0. The van der Waals surface area contributed by atoms with Gasteiger partial charge in [0.05, 0.1) is 17.2 Å². The Hall–Kier alpha value is -3.32. The summed E-state index contributed by atoms with van der Waals surface area (Å²) in [5.74, 6) is 0.123. The number of fused-ring (bicyclic) bond motifs is 1. The lowest BCUT2D eigenvalue weighted by molar-refractivity contribution is -0.114. The van der Waals surface area contributed by atoms with E-state index in [0.717, 1.165) is 11.3 Å². The SMILES string of the molecule is COc1cc(/C=C2/C(=N)N3N=C(C(F)(F)F)SC3=NC2=O)cc(Br)c1OCCOc1ccccc1C. The van der Waals surface area contributed by atoms with E-state index in [4.69, 9.17) is 19.6 Å². The van der Waals surface area contributed by atoms with Crippen LogP contribution in [-0.4, -0.2) is 53.5 Å². The Labute approximate surface area is 216 Å². The highest BCUT2D eigenvalue weighted by atomic mass is 79.9. The van der Waals surface area contributed by atoms with Crippen molar-refractivity contribution in [3.63, 3.8) is 0 Å². The van der Waals surface area contributed by atoms with Gasteiger partial charge in [-0.2, -0.15) is 28.3 Å². The maximum atomic E-state index is 13.0. The Morgan fingerprint density at radius 1 is 1.17 bits per heavy atom. The molecule has 0 saturated carbocycles. The van der Waals surface area contributed by atoms with E-state index in [2.05, 4.69) is 26.0 Å². The molecule has 0 spiro atoms. The standard InChI is InChI=1S/C23H18BrF3N4O4S/c1-12-5-3-4-6-16(12)34-7-8-35-18-15(24)10-13(11-17(18)33-2)9-14-19(28)31-22(29-20(14)32)36-21(30-31)23(25,26)27/h3-6,9-11,28H,7-8H2,1-2H3/b14-9-,28-19?. The molecule has 2 heterocycles. The van der Waals surface area contributed by atoms with Crippen molar-refractivity contribution in [1.29, 1.82) is 5.41 Å². The van der Waals surface area contributed by atoms with Crippen molar-refractivity contribution in [3.05, 3.63) is 57.6 Å². The number of carbonyl (C=O) groups excluding carboxylic acids is 1. The number of hydrogen-bond donors (Lipinski definition) is 1. The molecule has 0 fully saturated rings. The first kappa shape index (κ1) is 25.8. The second-order valence-electron chi connectivity index (χ2n) is 7.42. The minimum absolute atomic E-state index is 0.194. The molecule has 0 bridgehead atoms. The number of halogens is 4. The summed E-state index contributed by atoms with van der Waals surface area (Å²) in [7, 11) is 1.44. The number of alkyl halides is 3. The van der Waals surface area contributed by atoms with Gasteiger partial charge in [0, 0.05) is 0 Å². The number of benzene rings is 2. The number of nitrogens with one attached hydrogen (secondary N) is 1. The van der Waals surface area contributed by atoms with Crippen LogP contribution in [0.15, 0.2) is 56.5 Å². The second-order valence-corrected chi connectivity index (χ2v) is 9.23. The summed E-state index contributed by atoms with van der Waals surface area (Å²) < 4.78 is 56.5. The summed E-state index contributed by atoms with van der Waals surface area (Å²) in [5, 5.41) is 10.8. The van der Waals surface area contributed by atoms with Crippen LogP contribution in [0.2, 0.25) is 0 Å². The number of ether oxygens (including phenoxy) is 3. The van der Waals surface area contributed by atoms with E-state index in [0.29, 0.717) is 26.5 Å². The van der Waals surface area contributed by atoms with E-state index in [1.165, 1.54) is 13.2 Å². The molecule has 0 unspecified atom stereocenters. The zero-order chi connectivity index (χ0) is 26.0. The molecule has 1 amide bonds. The van der Waals surface area contributed by atoms with Gasteiger partial charge in [0.2, 0.25) is 10.2 Å². The van der Waals surface area contributed by atoms with Crippen molar-refractivity contribution in [3.8, 4) is 17.2 Å². The Kier molecular flexibility index (Phi) is 7.41. The van der Waals surface area contributed by atoms with Crippen LogP contribution in [0.5, 0.6) is 17.2 Å². The van der Waals surface area contributed by atoms with E-state index in [-0.39, 0.29) is 35.7 Å². The summed E-state index contributed by atoms with van der Waals surface area (Å²) in [6, 6.07) is 10.8. The fraction of sp³-hybridized carbons (Fsp3) is 0.217. The topological polar surface area (TPSA) is 96.6 Å². The number of amidine groups is 2. The fourth-order valence-corrected chi connectivity index (χ4v) is 4.58. The normalized spacial score (nSPS) is 16.6. The third kappa shape index (κ3) is 5.41. The Morgan fingerprint density at radius 2 is 1.89 bits per heavy atom. The number of aryl methyl sites for hydroxylation is 1. The van der Waals surface area contributed by atoms with Crippen molar-refractivity contribution < 1.29 is 32.2 Å². The van der Waals surface area contributed by atoms with Crippen molar-refractivity contribution in [2.75, 3.05) is 20.3 Å². The van der Waals surface area contributed by atoms with Gasteiger partial charge in [0.25, 0.3) is 5.91 Å². The summed E-state index contributed by atoms with van der Waals surface area (Å²) >= 11 is 3.61. The molecule has 0 aliphatic carbocycles. The Bertz CT molecular complexity index is 1330. The Balaban J connectivity index is 1.51. The number of rotatable bonds is 7. The molecule has 8 nitrogen and oxygen atoms in total.